The van der Waals surface area contributed by atoms with Crippen molar-refractivity contribution in [3.63, 3.8) is 0 Å². The predicted octanol–water partition coefficient (Wildman–Crippen LogP) is 3.48. The van der Waals surface area contributed by atoms with Crippen molar-refractivity contribution < 1.29 is 19.0 Å². The molecule has 0 fully saturated rings. The van der Waals surface area contributed by atoms with Gasteiger partial charge in [0, 0.05) is 22.8 Å². The molecule has 3 aromatic rings. The molecule has 1 aromatic heterocycles. The normalized spacial score (nSPS) is 13.2. The van der Waals surface area contributed by atoms with Crippen LogP contribution in [0.25, 0.3) is 16.9 Å². The Morgan fingerprint density at radius 3 is 2.86 bits per heavy atom. The molecule has 3 rings (SSSR count). The number of hydrogen-bond donors (Lipinski definition) is 2. The quantitative estimate of drug-likeness (QED) is 0.585. The predicted molar refractivity (Wildman–Crippen MR) is 110 cm³/mol. The van der Waals surface area contributed by atoms with Crippen molar-refractivity contribution in [3.05, 3.63) is 58.4 Å². The number of amides is 1. The van der Waals surface area contributed by atoms with E-state index in [2.05, 4.69) is 31.6 Å². The first-order valence-electron chi connectivity index (χ1n) is 8.73. The van der Waals surface area contributed by atoms with Gasteiger partial charge < -0.3 is 15.2 Å². The van der Waals surface area contributed by atoms with Gasteiger partial charge in [0.1, 0.15) is 11.5 Å². The number of benzene rings is 2. The van der Waals surface area contributed by atoms with Crippen LogP contribution in [0.4, 0.5) is 10.1 Å². The van der Waals surface area contributed by atoms with Gasteiger partial charge in [-0.1, -0.05) is 27.2 Å². The fraction of sp³-hybridized carbons (Fsp3) is 0.250. The summed E-state index contributed by atoms with van der Waals surface area (Å²) >= 11 is 3.48. The zero-order valence-electron chi connectivity index (χ0n) is 16.1. The van der Waals surface area contributed by atoms with Crippen molar-refractivity contribution in [1.82, 2.24) is 15.0 Å². The molecule has 0 bridgehead atoms. The second-order valence-corrected chi connectivity index (χ2v) is 7.64. The molecule has 7 nitrogen and oxygen atoms in total. The third kappa shape index (κ3) is 4.52. The van der Waals surface area contributed by atoms with Crippen molar-refractivity contribution >= 4 is 27.5 Å². The SMILES string of the molecule is COCC(C)(O)C(=O)Nc1ccc(F)c(-c2cn(-c3cccc(Br)c3C)nn2)c1. The topological polar surface area (TPSA) is 89.3 Å². The molecular weight excluding hydrogens is 443 g/mol. The number of nitrogens with one attached hydrogen (secondary N) is 1. The molecule has 0 aliphatic heterocycles. The zero-order valence-corrected chi connectivity index (χ0v) is 17.7. The first kappa shape index (κ1) is 21.1. The minimum absolute atomic E-state index is 0.173. The summed E-state index contributed by atoms with van der Waals surface area (Å²) in [5.41, 5.74) is 0.847. The van der Waals surface area contributed by atoms with E-state index in [1.807, 2.05) is 25.1 Å². The van der Waals surface area contributed by atoms with Crippen molar-refractivity contribution in [2.24, 2.45) is 0 Å². The van der Waals surface area contributed by atoms with Crippen LogP contribution in [0.15, 0.2) is 47.1 Å². The molecule has 1 atom stereocenters. The van der Waals surface area contributed by atoms with E-state index in [1.165, 1.54) is 32.2 Å². The summed E-state index contributed by atoms with van der Waals surface area (Å²) in [6, 6.07) is 9.74. The van der Waals surface area contributed by atoms with Gasteiger partial charge in [-0.3, -0.25) is 4.79 Å². The number of aliphatic hydroxyl groups is 1. The average molecular weight is 463 g/mol. The Balaban J connectivity index is 1.91. The summed E-state index contributed by atoms with van der Waals surface area (Å²) < 4.78 is 21.8. The molecule has 0 radical (unpaired) electrons. The van der Waals surface area contributed by atoms with E-state index in [-0.39, 0.29) is 12.2 Å². The summed E-state index contributed by atoms with van der Waals surface area (Å²) in [6.07, 6.45) is 1.61. The molecule has 1 unspecified atom stereocenters. The number of methoxy groups -OCH3 is 1. The Kier molecular flexibility index (Phi) is 6.11. The van der Waals surface area contributed by atoms with Gasteiger partial charge in [-0.05, 0) is 49.7 Å². The van der Waals surface area contributed by atoms with Gasteiger partial charge >= 0.3 is 0 Å². The number of aromatic nitrogens is 3. The Morgan fingerprint density at radius 1 is 1.38 bits per heavy atom. The van der Waals surface area contributed by atoms with Crippen molar-refractivity contribution in [2.45, 2.75) is 19.4 Å². The van der Waals surface area contributed by atoms with Crippen molar-refractivity contribution in [2.75, 3.05) is 19.0 Å². The van der Waals surface area contributed by atoms with Crippen molar-refractivity contribution in [3.8, 4) is 16.9 Å². The molecule has 0 saturated heterocycles. The number of ether oxygens (including phenoxy) is 1. The Morgan fingerprint density at radius 2 is 2.14 bits per heavy atom. The summed E-state index contributed by atoms with van der Waals surface area (Å²) in [6.45, 7) is 3.10. The molecule has 1 heterocycles. The Bertz CT molecular complexity index is 1050. The van der Waals surface area contributed by atoms with Gasteiger partial charge in [-0.25, -0.2) is 9.07 Å². The van der Waals surface area contributed by atoms with Gasteiger partial charge in [0.25, 0.3) is 5.91 Å². The van der Waals surface area contributed by atoms with Crippen LogP contribution < -0.4 is 5.32 Å². The highest BCUT2D eigenvalue weighted by Crippen LogP contribution is 2.27. The van der Waals surface area contributed by atoms with E-state index in [9.17, 15) is 14.3 Å². The molecule has 1 amide bonds. The maximum Gasteiger partial charge on any atom is 0.258 e. The van der Waals surface area contributed by atoms with E-state index in [0.29, 0.717) is 11.4 Å². The fourth-order valence-corrected chi connectivity index (χ4v) is 3.12. The lowest BCUT2D eigenvalue weighted by molar-refractivity contribution is -0.137. The van der Waals surface area contributed by atoms with Crippen LogP contribution in [0.3, 0.4) is 0 Å². The number of hydrogen-bond acceptors (Lipinski definition) is 5. The third-order valence-corrected chi connectivity index (χ3v) is 5.25. The Hall–Kier alpha value is -2.62. The van der Waals surface area contributed by atoms with Crippen LogP contribution >= 0.6 is 15.9 Å². The highest BCUT2D eigenvalue weighted by molar-refractivity contribution is 9.10. The molecule has 0 aliphatic carbocycles. The molecule has 152 valence electrons. The fourth-order valence-electron chi connectivity index (χ4n) is 2.76. The number of rotatable bonds is 6. The molecule has 9 heteroatoms. The smallest absolute Gasteiger partial charge is 0.258 e. The standard InChI is InChI=1S/C20H20BrFN4O3/c1-12-15(21)5-4-6-18(12)26-10-17(24-25-26)14-9-13(7-8-16(14)22)23-19(27)20(2,28)11-29-3/h4-10,28H,11H2,1-3H3,(H,23,27). The highest BCUT2D eigenvalue weighted by Gasteiger charge is 2.30. The number of nitrogens with zero attached hydrogens (tertiary/aromatic N) is 3. The van der Waals surface area contributed by atoms with Crippen LogP contribution in [-0.2, 0) is 9.53 Å². The largest absolute Gasteiger partial charge is 0.381 e. The highest BCUT2D eigenvalue weighted by atomic mass is 79.9. The van der Waals surface area contributed by atoms with E-state index in [4.69, 9.17) is 4.74 Å². The van der Waals surface area contributed by atoms with E-state index in [0.717, 1.165) is 15.7 Å². The monoisotopic (exact) mass is 462 g/mol. The van der Waals surface area contributed by atoms with Gasteiger partial charge in [-0.2, -0.15) is 0 Å². The van der Waals surface area contributed by atoms with E-state index >= 15 is 0 Å². The number of carbonyl (C=O) groups excluding carboxylic acids is 1. The van der Waals surface area contributed by atoms with Crippen LogP contribution in [0.1, 0.15) is 12.5 Å². The number of carbonyl (C=O) groups is 1. The van der Waals surface area contributed by atoms with Gasteiger partial charge in [-0.15, -0.1) is 5.10 Å². The van der Waals surface area contributed by atoms with E-state index in [1.54, 1.807) is 10.9 Å². The lowest BCUT2D eigenvalue weighted by atomic mass is 10.1. The van der Waals surface area contributed by atoms with Crippen LogP contribution in [0.2, 0.25) is 0 Å². The molecule has 0 aliphatic rings. The van der Waals surface area contributed by atoms with Gasteiger partial charge in [0.15, 0.2) is 5.60 Å². The zero-order chi connectivity index (χ0) is 21.2. The molecule has 2 N–H and O–H groups in total. The first-order valence-corrected chi connectivity index (χ1v) is 9.53. The van der Waals surface area contributed by atoms with Crippen molar-refractivity contribution in [1.29, 1.82) is 0 Å². The first-order chi connectivity index (χ1) is 13.7. The lowest BCUT2D eigenvalue weighted by Gasteiger charge is -2.21. The maximum atomic E-state index is 14.4. The van der Waals surface area contributed by atoms with Crippen LogP contribution in [-0.4, -0.2) is 45.3 Å². The van der Waals surface area contributed by atoms with Gasteiger partial charge in [0.2, 0.25) is 0 Å². The minimum Gasteiger partial charge on any atom is -0.381 e. The summed E-state index contributed by atoms with van der Waals surface area (Å²) in [5.74, 6) is -1.17. The minimum atomic E-state index is -1.72. The molecule has 0 saturated carbocycles. The average Bonchev–Trinajstić information content (AvgIpc) is 3.15. The third-order valence-electron chi connectivity index (χ3n) is 4.39. The number of halogens is 2. The summed E-state index contributed by atoms with van der Waals surface area (Å²) in [7, 11) is 1.38. The maximum absolute atomic E-state index is 14.4. The second kappa shape index (κ2) is 8.40. The van der Waals surface area contributed by atoms with Crippen LogP contribution in [0.5, 0.6) is 0 Å². The molecule has 29 heavy (non-hydrogen) atoms. The van der Waals surface area contributed by atoms with Gasteiger partial charge in [0.05, 0.1) is 18.5 Å². The van der Waals surface area contributed by atoms with E-state index < -0.39 is 17.3 Å². The Labute approximate surface area is 175 Å². The van der Waals surface area contributed by atoms with Crippen LogP contribution in [0, 0.1) is 12.7 Å². The summed E-state index contributed by atoms with van der Waals surface area (Å²) in [4.78, 5) is 12.2. The number of anilines is 1. The summed E-state index contributed by atoms with van der Waals surface area (Å²) in [5, 5.41) is 20.8. The molecule has 2 aromatic carbocycles. The lowest BCUT2D eigenvalue weighted by Crippen LogP contribution is -2.43. The molecular formula is C20H20BrFN4O3. The molecule has 0 spiro atoms. The second-order valence-electron chi connectivity index (χ2n) is 6.79.